The zero-order valence-corrected chi connectivity index (χ0v) is 23.1. The summed E-state index contributed by atoms with van der Waals surface area (Å²) in [6.07, 6.45) is -0.617. The van der Waals surface area contributed by atoms with E-state index in [1.807, 2.05) is 58.0 Å². The SMILES string of the molecule is C=C(C#N)CN(C(=O)OC(C)(C)C)c1c(OCCOC)ccc2ccc(B3OC(C)(C)C(C)(C)O3)cc12. The first-order chi connectivity index (χ1) is 17.2. The smallest absolute Gasteiger partial charge is 0.489 e. The lowest BCUT2D eigenvalue weighted by atomic mass is 9.78. The fourth-order valence-electron chi connectivity index (χ4n) is 3.84. The summed E-state index contributed by atoms with van der Waals surface area (Å²) in [5, 5.41) is 11.1. The molecule has 37 heavy (non-hydrogen) atoms. The lowest BCUT2D eigenvalue weighted by Gasteiger charge is -2.32. The number of ether oxygens (including phenoxy) is 3. The van der Waals surface area contributed by atoms with E-state index in [4.69, 9.17) is 23.5 Å². The number of rotatable bonds is 8. The molecule has 2 aromatic carbocycles. The van der Waals surface area contributed by atoms with Crippen LogP contribution in [0.3, 0.4) is 0 Å². The molecule has 1 amide bonds. The maximum atomic E-state index is 13.5. The number of carbonyl (C=O) groups is 1. The fourth-order valence-corrected chi connectivity index (χ4v) is 3.84. The lowest BCUT2D eigenvalue weighted by molar-refractivity contribution is 0.00578. The molecule has 198 valence electrons. The number of anilines is 1. The van der Waals surface area contributed by atoms with Crippen molar-refractivity contribution in [1.82, 2.24) is 0 Å². The molecule has 0 aromatic heterocycles. The van der Waals surface area contributed by atoms with Crippen molar-refractivity contribution in [2.75, 3.05) is 31.8 Å². The molecular formula is C28H37BN2O6. The van der Waals surface area contributed by atoms with Crippen LogP contribution in [0.1, 0.15) is 48.5 Å². The summed E-state index contributed by atoms with van der Waals surface area (Å²) in [6, 6.07) is 11.6. The lowest BCUT2D eigenvalue weighted by Crippen LogP contribution is -2.41. The van der Waals surface area contributed by atoms with Gasteiger partial charge in [-0.25, -0.2) is 4.79 Å². The molecule has 1 heterocycles. The Morgan fingerprint density at radius 3 is 2.30 bits per heavy atom. The van der Waals surface area contributed by atoms with Crippen molar-refractivity contribution < 1.29 is 28.3 Å². The molecule has 1 fully saturated rings. The van der Waals surface area contributed by atoms with E-state index >= 15 is 0 Å². The average Bonchev–Trinajstić information content (AvgIpc) is 3.02. The van der Waals surface area contributed by atoms with E-state index in [0.717, 1.165) is 16.2 Å². The number of hydrogen-bond donors (Lipinski definition) is 0. The first kappa shape index (κ1) is 28.5. The molecule has 0 bridgehead atoms. The van der Waals surface area contributed by atoms with Gasteiger partial charge in [-0.05, 0) is 65.4 Å². The van der Waals surface area contributed by atoms with Crippen molar-refractivity contribution in [2.45, 2.75) is 65.3 Å². The van der Waals surface area contributed by atoms with Crippen LogP contribution in [0.25, 0.3) is 10.8 Å². The summed E-state index contributed by atoms with van der Waals surface area (Å²) in [6.45, 7) is 17.7. The minimum atomic E-state index is -0.751. The molecule has 0 radical (unpaired) electrons. The van der Waals surface area contributed by atoms with Crippen molar-refractivity contribution in [3.8, 4) is 11.8 Å². The summed E-state index contributed by atoms with van der Waals surface area (Å²) in [4.78, 5) is 14.9. The van der Waals surface area contributed by atoms with Gasteiger partial charge >= 0.3 is 13.2 Å². The van der Waals surface area contributed by atoms with E-state index in [2.05, 4.69) is 6.58 Å². The Balaban J connectivity index is 2.20. The zero-order chi connectivity index (χ0) is 27.6. The standard InChI is InChI=1S/C28H37BN2O6/c1-19(17-30)18-31(25(32)35-26(2,3)4)24-22-16-21(29-36-27(5,6)28(7,8)37-29)12-10-20(22)11-13-23(24)34-15-14-33-9/h10-13,16H,1,14-15,18H2,2-9H3. The minimum Gasteiger partial charge on any atom is -0.489 e. The van der Waals surface area contributed by atoms with E-state index in [-0.39, 0.29) is 18.7 Å². The Hall–Kier alpha value is -3.06. The molecule has 1 aliphatic heterocycles. The third-order valence-corrected chi connectivity index (χ3v) is 6.44. The van der Waals surface area contributed by atoms with Gasteiger partial charge in [0, 0.05) is 18.1 Å². The first-order valence-electron chi connectivity index (χ1n) is 12.3. The Morgan fingerprint density at radius 2 is 1.73 bits per heavy atom. The summed E-state index contributed by atoms with van der Waals surface area (Å²) in [7, 11) is 0.996. The number of nitriles is 1. The molecule has 2 aromatic rings. The van der Waals surface area contributed by atoms with Crippen LogP contribution in [0, 0.1) is 11.3 Å². The van der Waals surface area contributed by atoms with Gasteiger partial charge in [-0.3, -0.25) is 4.90 Å². The van der Waals surface area contributed by atoms with Gasteiger partial charge in [0.25, 0.3) is 0 Å². The topological polar surface area (TPSA) is 90.3 Å². The number of methoxy groups -OCH3 is 1. The number of nitrogens with zero attached hydrogens (tertiary/aromatic N) is 2. The van der Waals surface area contributed by atoms with E-state index in [0.29, 0.717) is 18.0 Å². The van der Waals surface area contributed by atoms with Crippen molar-refractivity contribution >= 4 is 35.1 Å². The van der Waals surface area contributed by atoms with E-state index in [1.165, 1.54) is 4.90 Å². The maximum Gasteiger partial charge on any atom is 0.494 e. The molecule has 9 heteroatoms. The highest BCUT2D eigenvalue weighted by Crippen LogP contribution is 2.39. The third kappa shape index (κ3) is 6.45. The molecule has 0 atom stereocenters. The van der Waals surface area contributed by atoms with Crippen LogP contribution >= 0.6 is 0 Å². The van der Waals surface area contributed by atoms with E-state index in [9.17, 15) is 10.1 Å². The summed E-state index contributed by atoms with van der Waals surface area (Å²) < 4.78 is 29.5. The Morgan fingerprint density at radius 1 is 1.11 bits per heavy atom. The van der Waals surface area contributed by atoms with Gasteiger partial charge in [0.15, 0.2) is 0 Å². The minimum absolute atomic E-state index is 0.0636. The molecule has 0 saturated carbocycles. The highest BCUT2D eigenvalue weighted by molar-refractivity contribution is 6.62. The van der Waals surface area contributed by atoms with Gasteiger partial charge in [0.1, 0.15) is 18.0 Å². The van der Waals surface area contributed by atoms with Crippen LogP contribution in [0.4, 0.5) is 10.5 Å². The van der Waals surface area contributed by atoms with Crippen LogP contribution in [0.5, 0.6) is 5.75 Å². The molecule has 1 saturated heterocycles. The van der Waals surface area contributed by atoms with Gasteiger partial charge in [-0.1, -0.05) is 30.8 Å². The summed E-state index contributed by atoms with van der Waals surface area (Å²) in [5.41, 5.74) is -0.296. The summed E-state index contributed by atoms with van der Waals surface area (Å²) in [5.74, 6) is 0.451. The van der Waals surface area contributed by atoms with Gasteiger partial charge < -0.3 is 23.5 Å². The fraction of sp³-hybridized carbons (Fsp3) is 0.500. The molecule has 0 aliphatic carbocycles. The third-order valence-electron chi connectivity index (χ3n) is 6.44. The summed E-state index contributed by atoms with van der Waals surface area (Å²) >= 11 is 0. The molecule has 3 rings (SSSR count). The van der Waals surface area contributed by atoms with Crippen molar-refractivity contribution in [1.29, 1.82) is 5.26 Å². The largest absolute Gasteiger partial charge is 0.494 e. The molecule has 0 spiro atoms. The maximum absolute atomic E-state index is 13.5. The van der Waals surface area contributed by atoms with Crippen molar-refractivity contribution in [3.63, 3.8) is 0 Å². The first-order valence-corrected chi connectivity index (χ1v) is 12.3. The predicted molar refractivity (Wildman–Crippen MR) is 145 cm³/mol. The number of hydrogen-bond acceptors (Lipinski definition) is 7. The number of carbonyl (C=O) groups excluding carboxylic acids is 1. The number of fused-ring (bicyclic) bond motifs is 1. The second-order valence-corrected chi connectivity index (χ2v) is 11.1. The quantitative estimate of drug-likeness (QED) is 0.282. The van der Waals surface area contributed by atoms with Crippen LogP contribution in [-0.2, 0) is 18.8 Å². The van der Waals surface area contributed by atoms with Crippen molar-refractivity contribution in [3.05, 3.63) is 42.5 Å². The normalized spacial score (nSPS) is 16.4. The van der Waals surface area contributed by atoms with Crippen LogP contribution < -0.4 is 15.1 Å². The second kappa shape index (κ2) is 10.7. The van der Waals surface area contributed by atoms with Gasteiger partial charge in [-0.2, -0.15) is 5.26 Å². The van der Waals surface area contributed by atoms with E-state index in [1.54, 1.807) is 33.9 Å². The zero-order valence-electron chi connectivity index (χ0n) is 23.1. The molecular weight excluding hydrogens is 471 g/mol. The van der Waals surface area contributed by atoms with Gasteiger partial charge in [0.05, 0.1) is 36.1 Å². The van der Waals surface area contributed by atoms with Crippen molar-refractivity contribution in [2.24, 2.45) is 0 Å². The van der Waals surface area contributed by atoms with Crippen LogP contribution in [-0.4, -0.2) is 56.9 Å². The molecule has 8 nitrogen and oxygen atoms in total. The molecule has 0 N–H and O–H groups in total. The van der Waals surface area contributed by atoms with Crippen LogP contribution in [0.15, 0.2) is 42.5 Å². The second-order valence-electron chi connectivity index (χ2n) is 11.1. The monoisotopic (exact) mass is 508 g/mol. The highest BCUT2D eigenvalue weighted by atomic mass is 16.7. The average molecular weight is 508 g/mol. The van der Waals surface area contributed by atoms with Crippen LogP contribution in [0.2, 0.25) is 0 Å². The van der Waals surface area contributed by atoms with Gasteiger partial charge in [0.2, 0.25) is 0 Å². The number of benzene rings is 2. The molecule has 0 unspecified atom stereocenters. The van der Waals surface area contributed by atoms with Gasteiger partial charge in [-0.15, -0.1) is 0 Å². The highest BCUT2D eigenvalue weighted by Gasteiger charge is 2.51. The molecule has 1 aliphatic rings. The Labute approximate surface area is 220 Å². The Kier molecular flexibility index (Phi) is 8.28. The predicted octanol–water partition coefficient (Wildman–Crippen LogP) is 4.99. The number of amides is 1. The Bertz CT molecular complexity index is 1200. The van der Waals surface area contributed by atoms with E-state index < -0.39 is 30.0 Å².